The molecule has 1 fully saturated rings. The Morgan fingerprint density at radius 1 is 1.30 bits per heavy atom. The van der Waals surface area contributed by atoms with Gasteiger partial charge in [-0.2, -0.15) is 0 Å². The highest BCUT2D eigenvalue weighted by atomic mass is 16.5. The van der Waals surface area contributed by atoms with Gasteiger partial charge in [0, 0.05) is 0 Å². The van der Waals surface area contributed by atoms with Gasteiger partial charge in [-0.25, -0.2) is 0 Å². The van der Waals surface area contributed by atoms with E-state index in [-0.39, 0.29) is 30.0 Å². The van der Waals surface area contributed by atoms with Crippen LogP contribution in [0.4, 0.5) is 0 Å². The summed E-state index contributed by atoms with van der Waals surface area (Å²) in [6.07, 6.45) is 2.71. The van der Waals surface area contributed by atoms with Crippen molar-refractivity contribution >= 4 is 5.97 Å². The molecule has 1 aliphatic rings. The number of carbonyl (C=O) groups excluding carboxylic acids is 1. The van der Waals surface area contributed by atoms with Crippen LogP contribution in [0.15, 0.2) is 0 Å². The minimum absolute atomic E-state index is 0.0172. The van der Waals surface area contributed by atoms with E-state index in [4.69, 9.17) is 4.74 Å². The van der Waals surface area contributed by atoms with Crippen LogP contribution in [0.25, 0.3) is 0 Å². The minimum Gasteiger partial charge on any atom is -0.469 e. The van der Waals surface area contributed by atoms with Crippen LogP contribution < -0.4 is 0 Å². The molecule has 1 heterocycles. The Bertz CT molecular complexity index is 372. The molecule has 0 spiro atoms. The van der Waals surface area contributed by atoms with Crippen molar-refractivity contribution in [2.45, 2.75) is 90.1 Å². The largest absolute Gasteiger partial charge is 0.469 e. The molecule has 5 nitrogen and oxygen atoms in total. The van der Waals surface area contributed by atoms with E-state index in [9.17, 15) is 15.0 Å². The molecule has 1 rings (SSSR count). The summed E-state index contributed by atoms with van der Waals surface area (Å²) in [7, 11) is 1.33. The summed E-state index contributed by atoms with van der Waals surface area (Å²) in [4.78, 5) is 11.4. The molecule has 0 saturated carbocycles. The number of ether oxygens (including phenoxy) is 2. The third kappa shape index (κ3) is 5.44. The van der Waals surface area contributed by atoms with Gasteiger partial charge < -0.3 is 19.7 Å². The molecule has 0 radical (unpaired) electrons. The lowest BCUT2D eigenvalue weighted by atomic mass is 9.81. The average molecular weight is 330 g/mol. The van der Waals surface area contributed by atoms with Crippen LogP contribution in [0.1, 0.15) is 66.2 Å². The fourth-order valence-electron chi connectivity index (χ4n) is 3.80. The number of methoxy groups -OCH3 is 1. The monoisotopic (exact) mass is 330 g/mol. The van der Waals surface area contributed by atoms with Gasteiger partial charge in [0.1, 0.15) is 0 Å². The first-order chi connectivity index (χ1) is 10.8. The fourth-order valence-corrected chi connectivity index (χ4v) is 3.80. The molecule has 0 aromatic carbocycles. The zero-order valence-electron chi connectivity index (χ0n) is 15.2. The molecule has 136 valence electrons. The average Bonchev–Trinajstić information content (AvgIpc) is 2.88. The summed E-state index contributed by atoms with van der Waals surface area (Å²) in [6, 6.07) is 0. The van der Waals surface area contributed by atoms with Crippen molar-refractivity contribution in [2.75, 3.05) is 7.11 Å². The van der Waals surface area contributed by atoms with E-state index < -0.39 is 12.2 Å². The normalized spacial score (nSPS) is 31.6. The smallest absolute Gasteiger partial charge is 0.308 e. The minimum atomic E-state index is -0.719. The van der Waals surface area contributed by atoms with Crippen molar-refractivity contribution < 1.29 is 24.5 Å². The standard InChI is InChI=1S/C18H34O5/c1-6-12(15(20)9-16(21)22-5)10-18(4)11-13(7-2)17(23-18)14(19)8-3/h12-15,17,19-20H,6-11H2,1-5H3. The predicted octanol–water partition coefficient (Wildman–Crippen LogP) is 2.67. The Balaban J connectivity index is 2.74. The SMILES string of the molecule is CCC(O)C1OC(C)(CC(CC)C(O)CC(=O)OC)CC1CC. The summed E-state index contributed by atoms with van der Waals surface area (Å²) in [5.74, 6) is -0.0708. The maximum atomic E-state index is 11.4. The predicted molar refractivity (Wildman–Crippen MR) is 89.0 cm³/mol. The van der Waals surface area contributed by atoms with Gasteiger partial charge in [-0.1, -0.05) is 33.6 Å². The third-order valence-electron chi connectivity index (χ3n) is 5.27. The Morgan fingerprint density at radius 3 is 2.43 bits per heavy atom. The Labute approximate surface area is 140 Å². The number of aliphatic hydroxyl groups excluding tert-OH is 2. The maximum absolute atomic E-state index is 11.4. The van der Waals surface area contributed by atoms with Crippen molar-refractivity contribution in [1.29, 1.82) is 0 Å². The zero-order chi connectivity index (χ0) is 17.6. The van der Waals surface area contributed by atoms with Crippen LogP contribution in [-0.4, -0.2) is 47.2 Å². The molecule has 23 heavy (non-hydrogen) atoms. The summed E-state index contributed by atoms with van der Waals surface area (Å²) < 4.78 is 10.9. The van der Waals surface area contributed by atoms with Crippen molar-refractivity contribution in [2.24, 2.45) is 11.8 Å². The van der Waals surface area contributed by atoms with Gasteiger partial charge in [-0.15, -0.1) is 0 Å². The third-order valence-corrected chi connectivity index (χ3v) is 5.27. The number of carbonyl (C=O) groups is 1. The van der Waals surface area contributed by atoms with Crippen molar-refractivity contribution in [3.63, 3.8) is 0 Å². The Morgan fingerprint density at radius 2 is 1.96 bits per heavy atom. The van der Waals surface area contributed by atoms with Gasteiger partial charge in [0.2, 0.25) is 0 Å². The summed E-state index contributed by atoms with van der Waals surface area (Å²) >= 11 is 0. The Kier molecular flexibility index (Phi) is 7.98. The van der Waals surface area contributed by atoms with Crippen LogP contribution in [0.3, 0.4) is 0 Å². The summed E-state index contributed by atoms with van der Waals surface area (Å²) in [6.45, 7) is 8.16. The van der Waals surface area contributed by atoms with Crippen LogP contribution in [0.5, 0.6) is 0 Å². The van der Waals surface area contributed by atoms with E-state index >= 15 is 0 Å². The van der Waals surface area contributed by atoms with E-state index in [1.54, 1.807) is 0 Å². The molecule has 5 heteroatoms. The van der Waals surface area contributed by atoms with Crippen LogP contribution in [0.2, 0.25) is 0 Å². The topological polar surface area (TPSA) is 76.0 Å². The summed E-state index contributed by atoms with van der Waals surface area (Å²) in [5, 5.41) is 20.5. The fraction of sp³-hybridized carbons (Fsp3) is 0.944. The lowest BCUT2D eigenvalue weighted by Crippen LogP contribution is -2.36. The van der Waals surface area contributed by atoms with Crippen molar-refractivity contribution in [1.82, 2.24) is 0 Å². The molecule has 0 aromatic heterocycles. The number of hydrogen-bond acceptors (Lipinski definition) is 5. The first kappa shape index (κ1) is 20.4. The second-order valence-corrected chi connectivity index (χ2v) is 7.10. The number of rotatable bonds is 9. The van der Waals surface area contributed by atoms with Crippen molar-refractivity contribution in [3.8, 4) is 0 Å². The molecule has 0 amide bonds. The molecule has 6 unspecified atom stereocenters. The molecular formula is C18H34O5. The van der Waals surface area contributed by atoms with E-state index in [0.717, 1.165) is 19.3 Å². The zero-order valence-corrected chi connectivity index (χ0v) is 15.2. The summed E-state index contributed by atoms with van der Waals surface area (Å²) in [5.41, 5.74) is -0.362. The van der Waals surface area contributed by atoms with E-state index in [0.29, 0.717) is 18.8 Å². The molecule has 0 bridgehead atoms. The van der Waals surface area contributed by atoms with Gasteiger partial charge in [0.05, 0.1) is 37.4 Å². The van der Waals surface area contributed by atoms with Crippen molar-refractivity contribution in [3.05, 3.63) is 0 Å². The maximum Gasteiger partial charge on any atom is 0.308 e. The molecule has 6 atom stereocenters. The molecule has 0 aliphatic carbocycles. The van der Waals surface area contributed by atoms with Gasteiger partial charge in [-0.3, -0.25) is 4.79 Å². The van der Waals surface area contributed by atoms with Gasteiger partial charge in [-0.05, 0) is 38.0 Å². The van der Waals surface area contributed by atoms with Crippen LogP contribution >= 0.6 is 0 Å². The number of hydrogen-bond donors (Lipinski definition) is 2. The first-order valence-corrected chi connectivity index (χ1v) is 8.90. The van der Waals surface area contributed by atoms with Crippen LogP contribution in [0, 0.1) is 11.8 Å². The number of esters is 1. The second kappa shape index (κ2) is 9.00. The lowest BCUT2D eigenvalue weighted by molar-refractivity contribution is -0.144. The molecule has 1 aliphatic heterocycles. The quantitative estimate of drug-likeness (QED) is 0.636. The molecular weight excluding hydrogens is 296 g/mol. The highest BCUT2D eigenvalue weighted by Gasteiger charge is 2.46. The van der Waals surface area contributed by atoms with Gasteiger partial charge in [0.15, 0.2) is 0 Å². The molecule has 2 N–H and O–H groups in total. The second-order valence-electron chi connectivity index (χ2n) is 7.10. The van der Waals surface area contributed by atoms with E-state index in [2.05, 4.69) is 18.6 Å². The van der Waals surface area contributed by atoms with Gasteiger partial charge >= 0.3 is 5.97 Å². The Hall–Kier alpha value is -0.650. The highest BCUT2D eigenvalue weighted by Crippen LogP contribution is 2.43. The molecule has 0 aromatic rings. The first-order valence-electron chi connectivity index (χ1n) is 8.90. The van der Waals surface area contributed by atoms with Crippen LogP contribution in [-0.2, 0) is 14.3 Å². The lowest BCUT2D eigenvalue weighted by Gasteiger charge is -2.32. The highest BCUT2D eigenvalue weighted by molar-refractivity contribution is 5.69. The molecule has 1 saturated heterocycles. The van der Waals surface area contributed by atoms with Gasteiger partial charge in [0.25, 0.3) is 0 Å². The van der Waals surface area contributed by atoms with E-state index in [1.807, 2.05) is 13.8 Å². The number of aliphatic hydroxyl groups is 2. The van der Waals surface area contributed by atoms with E-state index in [1.165, 1.54) is 7.11 Å².